The lowest BCUT2D eigenvalue weighted by Crippen LogP contribution is -2.12. The molecule has 0 aliphatic rings. The van der Waals surface area contributed by atoms with Gasteiger partial charge in [-0.1, -0.05) is 29.8 Å². The molecule has 0 aliphatic carbocycles. The van der Waals surface area contributed by atoms with Crippen molar-refractivity contribution >= 4 is 21.6 Å². The van der Waals surface area contributed by atoms with Crippen molar-refractivity contribution in [2.24, 2.45) is 5.14 Å². The van der Waals surface area contributed by atoms with Gasteiger partial charge in [0, 0.05) is 18.1 Å². The monoisotopic (exact) mass is 433 g/mol. The van der Waals surface area contributed by atoms with Crippen molar-refractivity contribution in [1.29, 1.82) is 0 Å². The van der Waals surface area contributed by atoms with E-state index in [1.165, 1.54) is 17.7 Å². The standard InChI is InChI=1S/C21H24ClN3O3S/c1-16-4-6-17(7-5-16)21-14-18(15-28-13-3-2-12-22)24-25(21)19-8-10-20(11-9-19)29(23,26)27/h4-11,14H,2-3,12-13,15H2,1H3,(H2,23,26,27). The SMILES string of the molecule is Cc1ccc(-c2cc(COCCCCCl)nn2-c2ccc(S(N)(=O)=O)cc2)cc1. The van der Waals surface area contributed by atoms with Crippen LogP contribution in [0.15, 0.2) is 59.5 Å². The minimum absolute atomic E-state index is 0.0631. The second-order valence-electron chi connectivity index (χ2n) is 6.79. The first-order valence-electron chi connectivity index (χ1n) is 9.31. The Kier molecular flexibility index (Phi) is 7.08. The molecule has 6 nitrogen and oxygen atoms in total. The maximum Gasteiger partial charge on any atom is 0.238 e. The molecule has 0 unspecified atom stereocenters. The zero-order chi connectivity index (χ0) is 20.9. The third-order valence-corrected chi connectivity index (χ3v) is 5.64. The smallest absolute Gasteiger partial charge is 0.238 e. The first kappa shape index (κ1) is 21.5. The third-order valence-electron chi connectivity index (χ3n) is 4.44. The molecule has 0 spiro atoms. The van der Waals surface area contributed by atoms with Gasteiger partial charge in [-0.3, -0.25) is 0 Å². The van der Waals surface area contributed by atoms with Gasteiger partial charge in [0.25, 0.3) is 0 Å². The van der Waals surface area contributed by atoms with Crippen molar-refractivity contribution in [2.75, 3.05) is 12.5 Å². The minimum atomic E-state index is -3.74. The molecule has 0 fully saturated rings. The molecule has 1 aromatic heterocycles. The number of aryl methyl sites for hydroxylation is 1. The lowest BCUT2D eigenvalue weighted by Gasteiger charge is -2.09. The van der Waals surface area contributed by atoms with E-state index in [4.69, 9.17) is 21.5 Å². The van der Waals surface area contributed by atoms with Crippen molar-refractivity contribution in [3.8, 4) is 16.9 Å². The molecular formula is C21H24ClN3O3S. The average molecular weight is 434 g/mol. The number of ether oxygens (including phenoxy) is 1. The molecule has 0 atom stereocenters. The molecule has 29 heavy (non-hydrogen) atoms. The highest BCUT2D eigenvalue weighted by atomic mass is 35.5. The molecule has 0 saturated heterocycles. The van der Waals surface area contributed by atoms with Crippen molar-refractivity contribution in [1.82, 2.24) is 9.78 Å². The Hall–Kier alpha value is -2.19. The molecule has 154 valence electrons. The van der Waals surface area contributed by atoms with Crippen molar-refractivity contribution in [2.45, 2.75) is 31.3 Å². The number of nitrogens with zero attached hydrogens (tertiary/aromatic N) is 2. The first-order valence-corrected chi connectivity index (χ1v) is 11.4. The molecule has 0 amide bonds. The number of halogens is 1. The summed E-state index contributed by atoms with van der Waals surface area (Å²) >= 11 is 5.69. The summed E-state index contributed by atoms with van der Waals surface area (Å²) in [5.41, 5.74) is 4.60. The maximum absolute atomic E-state index is 11.5. The van der Waals surface area contributed by atoms with Crippen LogP contribution >= 0.6 is 11.6 Å². The van der Waals surface area contributed by atoms with Gasteiger partial charge in [0.2, 0.25) is 10.0 Å². The summed E-state index contributed by atoms with van der Waals surface area (Å²) in [6, 6.07) is 16.5. The van der Waals surface area contributed by atoms with E-state index < -0.39 is 10.0 Å². The lowest BCUT2D eigenvalue weighted by atomic mass is 10.1. The van der Waals surface area contributed by atoms with Gasteiger partial charge in [0.1, 0.15) is 0 Å². The van der Waals surface area contributed by atoms with Crippen LogP contribution in [0.5, 0.6) is 0 Å². The fourth-order valence-electron chi connectivity index (χ4n) is 2.88. The van der Waals surface area contributed by atoms with Crippen LogP contribution in [-0.4, -0.2) is 30.7 Å². The van der Waals surface area contributed by atoms with E-state index in [0.717, 1.165) is 35.5 Å². The molecule has 1 heterocycles. The van der Waals surface area contributed by atoms with Crippen LogP contribution in [0.3, 0.4) is 0 Å². The number of alkyl halides is 1. The zero-order valence-corrected chi connectivity index (χ0v) is 17.8. The maximum atomic E-state index is 11.5. The highest BCUT2D eigenvalue weighted by Gasteiger charge is 2.14. The Labute approximate surface area is 176 Å². The Morgan fingerprint density at radius 3 is 2.38 bits per heavy atom. The molecule has 0 radical (unpaired) electrons. The molecule has 3 rings (SSSR count). The van der Waals surface area contributed by atoms with Gasteiger partial charge >= 0.3 is 0 Å². The van der Waals surface area contributed by atoms with Crippen LogP contribution < -0.4 is 5.14 Å². The number of hydrogen-bond acceptors (Lipinski definition) is 4. The lowest BCUT2D eigenvalue weighted by molar-refractivity contribution is 0.115. The van der Waals surface area contributed by atoms with Crippen molar-refractivity contribution < 1.29 is 13.2 Å². The summed E-state index contributed by atoms with van der Waals surface area (Å²) in [4.78, 5) is 0.0631. The molecule has 0 saturated carbocycles. The summed E-state index contributed by atoms with van der Waals surface area (Å²) in [5.74, 6) is 0.629. The molecule has 2 N–H and O–H groups in total. The average Bonchev–Trinajstić information content (AvgIpc) is 3.12. The van der Waals surface area contributed by atoms with E-state index in [-0.39, 0.29) is 4.90 Å². The molecule has 8 heteroatoms. The van der Waals surface area contributed by atoms with E-state index in [1.807, 2.05) is 37.3 Å². The number of primary sulfonamides is 1. The number of unbranched alkanes of at least 4 members (excludes halogenated alkanes) is 1. The van der Waals surface area contributed by atoms with E-state index in [2.05, 4.69) is 5.10 Å². The molecule has 2 aromatic carbocycles. The predicted octanol–water partition coefficient (Wildman–Crippen LogP) is 4.03. The Morgan fingerprint density at radius 1 is 1.07 bits per heavy atom. The van der Waals surface area contributed by atoms with Gasteiger partial charge in [-0.2, -0.15) is 5.10 Å². The van der Waals surface area contributed by atoms with E-state index in [9.17, 15) is 8.42 Å². The van der Waals surface area contributed by atoms with E-state index in [0.29, 0.717) is 19.1 Å². The second-order valence-corrected chi connectivity index (χ2v) is 8.73. The third kappa shape index (κ3) is 5.67. The highest BCUT2D eigenvalue weighted by molar-refractivity contribution is 7.89. The number of rotatable bonds is 9. The van der Waals surface area contributed by atoms with Crippen LogP contribution in [0, 0.1) is 6.92 Å². The number of benzene rings is 2. The molecule has 3 aromatic rings. The van der Waals surface area contributed by atoms with Gasteiger partial charge in [-0.15, -0.1) is 11.6 Å². The van der Waals surface area contributed by atoms with Crippen LogP contribution in [0.25, 0.3) is 16.9 Å². The number of aromatic nitrogens is 2. The number of nitrogens with two attached hydrogens (primary N) is 1. The van der Waals surface area contributed by atoms with Crippen LogP contribution in [0.1, 0.15) is 24.1 Å². The first-order chi connectivity index (χ1) is 13.9. The van der Waals surface area contributed by atoms with Crippen molar-refractivity contribution in [3.05, 3.63) is 65.9 Å². The normalized spacial score (nSPS) is 11.7. The summed E-state index contributed by atoms with van der Waals surface area (Å²) < 4.78 is 30.6. The fourth-order valence-corrected chi connectivity index (χ4v) is 3.58. The topological polar surface area (TPSA) is 87.2 Å². The fraction of sp³-hybridized carbons (Fsp3) is 0.286. The predicted molar refractivity (Wildman–Crippen MR) is 115 cm³/mol. The van der Waals surface area contributed by atoms with Crippen LogP contribution in [-0.2, 0) is 21.4 Å². The highest BCUT2D eigenvalue weighted by Crippen LogP contribution is 2.25. The second kappa shape index (κ2) is 9.54. The minimum Gasteiger partial charge on any atom is -0.375 e. The van der Waals surface area contributed by atoms with Gasteiger partial charge in [0.05, 0.1) is 28.6 Å². The van der Waals surface area contributed by atoms with Gasteiger partial charge in [-0.05, 0) is 50.1 Å². The summed E-state index contributed by atoms with van der Waals surface area (Å²) in [5, 5.41) is 9.87. The number of sulfonamides is 1. The summed E-state index contributed by atoms with van der Waals surface area (Å²) in [7, 11) is -3.74. The number of hydrogen-bond donors (Lipinski definition) is 1. The summed E-state index contributed by atoms with van der Waals surface area (Å²) in [6.45, 7) is 3.05. The quantitative estimate of drug-likeness (QED) is 0.407. The Morgan fingerprint density at radius 2 is 1.76 bits per heavy atom. The van der Waals surface area contributed by atoms with E-state index in [1.54, 1.807) is 16.8 Å². The van der Waals surface area contributed by atoms with Gasteiger partial charge < -0.3 is 4.74 Å². The van der Waals surface area contributed by atoms with Gasteiger partial charge in [0.15, 0.2) is 0 Å². The van der Waals surface area contributed by atoms with Gasteiger partial charge in [-0.25, -0.2) is 18.2 Å². The van der Waals surface area contributed by atoms with Crippen LogP contribution in [0.2, 0.25) is 0 Å². The van der Waals surface area contributed by atoms with E-state index >= 15 is 0 Å². The largest absolute Gasteiger partial charge is 0.375 e. The zero-order valence-electron chi connectivity index (χ0n) is 16.2. The van der Waals surface area contributed by atoms with Crippen LogP contribution in [0.4, 0.5) is 0 Å². The Balaban J connectivity index is 1.92. The van der Waals surface area contributed by atoms with Crippen molar-refractivity contribution in [3.63, 3.8) is 0 Å². The molecule has 0 aliphatic heterocycles. The Bertz CT molecular complexity index is 1050. The molecular weight excluding hydrogens is 410 g/mol. The molecule has 0 bridgehead atoms. The summed E-state index contributed by atoms with van der Waals surface area (Å²) in [6.07, 6.45) is 1.82.